The number of methoxy groups -OCH3 is 1. The van der Waals surface area contributed by atoms with Gasteiger partial charge in [0.25, 0.3) is 11.7 Å². The lowest BCUT2D eigenvalue weighted by atomic mass is 9.95. The average molecular weight is 500 g/mol. The Balaban J connectivity index is 1.96. The van der Waals surface area contributed by atoms with Crippen molar-refractivity contribution >= 4 is 50.7 Å². The second-order valence-corrected chi connectivity index (χ2v) is 8.09. The Morgan fingerprint density at radius 3 is 2.42 bits per heavy atom. The van der Waals surface area contributed by atoms with Crippen LogP contribution in [0.5, 0.6) is 5.75 Å². The summed E-state index contributed by atoms with van der Waals surface area (Å²) in [6.07, 6.45) is 3.13. The minimum atomic E-state index is -0.855. The number of nitrogens with zero attached hydrogens (tertiary/aromatic N) is 2. The lowest BCUT2D eigenvalue weighted by Crippen LogP contribution is -2.29. The highest BCUT2D eigenvalue weighted by Gasteiger charge is 2.47. The monoisotopic (exact) mass is 498 g/mol. The minimum absolute atomic E-state index is 0.0609. The number of hydrogen-bond donors (Lipinski definition) is 1. The average Bonchev–Trinajstić information content (AvgIpc) is 3.05. The molecule has 1 atom stereocenters. The van der Waals surface area contributed by atoms with Gasteiger partial charge in [-0.1, -0.05) is 27.5 Å². The van der Waals surface area contributed by atoms with Gasteiger partial charge in [0.2, 0.25) is 0 Å². The highest BCUT2D eigenvalue weighted by atomic mass is 79.9. The van der Waals surface area contributed by atoms with E-state index in [1.807, 2.05) is 0 Å². The van der Waals surface area contributed by atoms with Gasteiger partial charge >= 0.3 is 0 Å². The lowest BCUT2D eigenvalue weighted by Gasteiger charge is -2.25. The van der Waals surface area contributed by atoms with E-state index in [9.17, 15) is 14.7 Å². The highest BCUT2D eigenvalue weighted by Crippen LogP contribution is 2.43. The van der Waals surface area contributed by atoms with Crippen molar-refractivity contribution in [2.75, 3.05) is 12.0 Å². The summed E-state index contributed by atoms with van der Waals surface area (Å²) >= 11 is 9.67. The fraction of sp³-hybridized carbons (Fsp3) is 0.0870. The highest BCUT2D eigenvalue weighted by molar-refractivity contribution is 9.10. The molecule has 0 radical (unpaired) electrons. The third kappa shape index (κ3) is 3.82. The summed E-state index contributed by atoms with van der Waals surface area (Å²) in [4.78, 5) is 31.6. The standard InChI is InChI=1S/C23H16BrClN2O4/c1-31-16-6-7-18(25)17(12-16)21(28)19-20(13-8-10-26-11-9-13)27(23(30)22(19)29)15-4-2-14(24)3-5-15/h2-12,20,28H,1H3/b21-19+. The maximum absolute atomic E-state index is 13.1. The molecule has 1 unspecified atom stereocenters. The third-order valence-corrected chi connectivity index (χ3v) is 5.86. The Morgan fingerprint density at radius 2 is 1.77 bits per heavy atom. The molecule has 4 rings (SSSR count). The van der Waals surface area contributed by atoms with Gasteiger partial charge in [0.15, 0.2) is 0 Å². The molecule has 0 spiro atoms. The molecule has 1 N–H and O–H groups in total. The molecule has 0 saturated carbocycles. The van der Waals surface area contributed by atoms with Gasteiger partial charge in [-0.15, -0.1) is 0 Å². The summed E-state index contributed by atoms with van der Waals surface area (Å²) in [7, 11) is 1.48. The van der Waals surface area contributed by atoms with E-state index >= 15 is 0 Å². The molecule has 1 saturated heterocycles. The SMILES string of the molecule is COc1ccc(Cl)c(/C(O)=C2\C(=O)C(=O)N(c3ccc(Br)cc3)C2c2ccncc2)c1. The van der Waals surface area contributed by atoms with E-state index in [1.165, 1.54) is 18.1 Å². The second kappa shape index (κ2) is 8.53. The number of aliphatic hydroxyl groups is 1. The smallest absolute Gasteiger partial charge is 0.300 e. The van der Waals surface area contributed by atoms with Crippen LogP contribution in [0.3, 0.4) is 0 Å². The number of halogens is 2. The molecular formula is C23H16BrClN2O4. The quantitative estimate of drug-likeness (QED) is 0.306. The van der Waals surface area contributed by atoms with E-state index in [0.717, 1.165) is 4.47 Å². The number of Topliss-reactive ketones (excluding diaryl/α,β-unsaturated/α-hetero) is 1. The van der Waals surface area contributed by atoms with Gasteiger partial charge in [0.1, 0.15) is 11.5 Å². The molecule has 1 fully saturated rings. The number of aromatic nitrogens is 1. The van der Waals surface area contributed by atoms with Crippen molar-refractivity contribution in [3.63, 3.8) is 0 Å². The van der Waals surface area contributed by atoms with Crippen LogP contribution < -0.4 is 9.64 Å². The first-order valence-electron chi connectivity index (χ1n) is 9.22. The summed E-state index contributed by atoms with van der Waals surface area (Å²) in [5, 5.41) is 11.4. The molecule has 31 heavy (non-hydrogen) atoms. The number of ketones is 1. The van der Waals surface area contributed by atoms with Crippen LogP contribution in [-0.4, -0.2) is 28.9 Å². The summed E-state index contributed by atoms with van der Waals surface area (Å²) in [5.74, 6) is -1.47. The number of hydrogen-bond acceptors (Lipinski definition) is 5. The molecule has 1 aliphatic rings. The Bertz CT molecular complexity index is 1200. The summed E-state index contributed by atoms with van der Waals surface area (Å²) in [6, 6.07) is 14.3. The third-order valence-electron chi connectivity index (χ3n) is 5.00. The number of amides is 1. The Hall–Kier alpha value is -3.16. The Labute approximate surface area is 191 Å². The van der Waals surface area contributed by atoms with Gasteiger partial charge < -0.3 is 9.84 Å². The van der Waals surface area contributed by atoms with Crippen molar-refractivity contribution in [1.82, 2.24) is 4.98 Å². The minimum Gasteiger partial charge on any atom is -0.507 e. The predicted molar refractivity (Wildman–Crippen MR) is 121 cm³/mol. The number of carbonyl (C=O) groups is 2. The van der Waals surface area contributed by atoms with Crippen LogP contribution >= 0.6 is 27.5 Å². The number of aliphatic hydroxyl groups excluding tert-OH is 1. The van der Waals surface area contributed by atoms with Crippen molar-refractivity contribution in [2.24, 2.45) is 0 Å². The lowest BCUT2D eigenvalue weighted by molar-refractivity contribution is -0.132. The maximum Gasteiger partial charge on any atom is 0.300 e. The van der Waals surface area contributed by atoms with E-state index in [2.05, 4.69) is 20.9 Å². The summed E-state index contributed by atoms with van der Waals surface area (Å²) in [5.41, 5.74) is 1.28. The van der Waals surface area contributed by atoms with Crippen LogP contribution in [0.1, 0.15) is 17.2 Å². The van der Waals surface area contributed by atoms with Crippen LogP contribution in [0, 0.1) is 0 Å². The molecule has 2 heterocycles. The normalized spacial score (nSPS) is 17.8. The number of rotatable bonds is 4. The van der Waals surface area contributed by atoms with Crippen LogP contribution in [0.25, 0.3) is 5.76 Å². The number of pyridine rings is 1. The van der Waals surface area contributed by atoms with E-state index in [-0.39, 0.29) is 21.9 Å². The fourth-order valence-corrected chi connectivity index (χ4v) is 3.99. The van der Waals surface area contributed by atoms with Gasteiger partial charge in [0, 0.05) is 28.1 Å². The molecule has 1 aromatic heterocycles. The molecule has 3 aromatic rings. The van der Waals surface area contributed by atoms with Crippen LogP contribution in [-0.2, 0) is 9.59 Å². The zero-order valence-electron chi connectivity index (χ0n) is 16.3. The predicted octanol–water partition coefficient (Wildman–Crippen LogP) is 5.13. The number of benzene rings is 2. The Kier molecular flexibility index (Phi) is 5.80. The molecule has 1 amide bonds. The van der Waals surface area contributed by atoms with Gasteiger partial charge in [-0.05, 0) is 60.2 Å². The number of ether oxygens (including phenoxy) is 1. The second-order valence-electron chi connectivity index (χ2n) is 6.77. The molecule has 2 aromatic carbocycles. The van der Waals surface area contributed by atoms with Gasteiger partial charge in [-0.25, -0.2) is 0 Å². The van der Waals surface area contributed by atoms with Crippen molar-refractivity contribution in [3.05, 3.63) is 93.2 Å². The zero-order chi connectivity index (χ0) is 22.1. The topological polar surface area (TPSA) is 79.7 Å². The van der Waals surface area contributed by atoms with Crippen LogP contribution in [0.4, 0.5) is 5.69 Å². The van der Waals surface area contributed by atoms with Crippen molar-refractivity contribution in [1.29, 1.82) is 0 Å². The summed E-state index contributed by atoms with van der Waals surface area (Å²) in [6.45, 7) is 0. The van der Waals surface area contributed by atoms with Crippen molar-refractivity contribution < 1.29 is 19.4 Å². The van der Waals surface area contributed by atoms with Gasteiger partial charge in [0.05, 0.1) is 23.7 Å². The van der Waals surface area contributed by atoms with Crippen molar-refractivity contribution in [2.45, 2.75) is 6.04 Å². The first kappa shape index (κ1) is 21.1. The van der Waals surface area contributed by atoms with Gasteiger partial charge in [-0.3, -0.25) is 19.5 Å². The first-order chi connectivity index (χ1) is 14.9. The van der Waals surface area contributed by atoms with E-state index in [0.29, 0.717) is 17.0 Å². The molecule has 0 bridgehead atoms. The fourth-order valence-electron chi connectivity index (χ4n) is 3.52. The number of anilines is 1. The Morgan fingerprint density at radius 1 is 1.10 bits per heavy atom. The first-order valence-corrected chi connectivity index (χ1v) is 10.4. The largest absolute Gasteiger partial charge is 0.507 e. The molecular weight excluding hydrogens is 484 g/mol. The van der Waals surface area contributed by atoms with Crippen molar-refractivity contribution in [3.8, 4) is 5.75 Å². The molecule has 156 valence electrons. The molecule has 6 nitrogen and oxygen atoms in total. The van der Waals surface area contributed by atoms with Gasteiger partial charge in [-0.2, -0.15) is 0 Å². The van der Waals surface area contributed by atoms with Crippen LogP contribution in [0.2, 0.25) is 5.02 Å². The van der Waals surface area contributed by atoms with E-state index in [4.69, 9.17) is 16.3 Å². The van der Waals surface area contributed by atoms with Crippen LogP contribution in [0.15, 0.2) is 77.0 Å². The molecule has 8 heteroatoms. The number of carbonyl (C=O) groups excluding carboxylic acids is 2. The summed E-state index contributed by atoms with van der Waals surface area (Å²) < 4.78 is 6.05. The maximum atomic E-state index is 13.1. The van der Waals surface area contributed by atoms with E-state index in [1.54, 1.807) is 60.9 Å². The van der Waals surface area contributed by atoms with E-state index < -0.39 is 17.7 Å². The molecule has 1 aliphatic heterocycles. The zero-order valence-corrected chi connectivity index (χ0v) is 18.6. The molecule has 0 aliphatic carbocycles.